The van der Waals surface area contributed by atoms with Crippen molar-refractivity contribution in [3.05, 3.63) is 0 Å². The number of aliphatic imine (C=N–C) groups is 1. The van der Waals surface area contributed by atoms with Crippen LogP contribution in [0.25, 0.3) is 0 Å². The van der Waals surface area contributed by atoms with Gasteiger partial charge in [-0.25, -0.2) is 8.42 Å². The van der Waals surface area contributed by atoms with Crippen LogP contribution in [0.2, 0.25) is 0 Å². The molecule has 1 aliphatic heterocycles. The van der Waals surface area contributed by atoms with Crippen molar-refractivity contribution in [1.82, 2.24) is 10.2 Å². The SMILES string of the molecule is CCNC(=NCCC(F)(F)F)N1CCS(=O)(=O)C2(CCCCC2)C1. The maximum Gasteiger partial charge on any atom is 0.390 e. The van der Waals surface area contributed by atoms with Gasteiger partial charge in [0.1, 0.15) is 0 Å². The summed E-state index contributed by atoms with van der Waals surface area (Å²) < 4.78 is 61.4. The largest absolute Gasteiger partial charge is 0.390 e. The van der Waals surface area contributed by atoms with Gasteiger partial charge in [-0.05, 0) is 19.8 Å². The Labute approximate surface area is 141 Å². The number of alkyl halides is 3. The van der Waals surface area contributed by atoms with Gasteiger partial charge in [0, 0.05) is 19.6 Å². The molecule has 0 aromatic heterocycles. The Morgan fingerprint density at radius 2 is 1.92 bits per heavy atom. The van der Waals surface area contributed by atoms with Crippen molar-refractivity contribution in [3.8, 4) is 0 Å². The molecule has 0 aromatic rings. The van der Waals surface area contributed by atoms with Crippen LogP contribution in [0.1, 0.15) is 45.4 Å². The predicted molar refractivity (Wildman–Crippen MR) is 87.8 cm³/mol. The van der Waals surface area contributed by atoms with Gasteiger partial charge >= 0.3 is 6.18 Å². The topological polar surface area (TPSA) is 61.8 Å². The van der Waals surface area contributed by atoms with Crippen LogP contribution >= 0.6 is 0 Å². The average Bonchev–Trinajstić information content (AvgIpc) is 2.49. The van der Waals surface area contributed by atoms with E-state index < -0.39 is 27.2 Å². The molecule has 2 aliphatic rings. The molecule has 2 fully saturated rings. The third-order valence-electron chi connectivity index (χ3n) is 4.82. The van der Waals surface area contributed by atoms with E-state index in [4.69, 9.17) is 0 Å². The van der Waals surface area contributed by atoms with Crippen LogP contribution in [-0.4, -0.2) is 62.1 Å². The molecule has 0 atom stereocenters. The number of hydrogen-bond donors (Lipinski definition) is 1. The van der Waals surface area contributed by atoms with Crippen LogP contribution in [0, 0.1) is 0 Å². The summed E-state index contributed by atoms with van der Waals surface area (Å²) in [5.74, 6) is 0.429. The van der Waals surface area contributed by atoms with Gasteiger partial charge in [-0.1, -0.05) is 19.3 Å². The first kappa shape index (κ1) is 19.3. The zero-order valence-corrected chi connectivity index (χ0v) is 14.8. The second kappa shape index (κ2) is 7.49. The molecule has 1 heterocycles. The minimum Gasteiger partial charge on any atom is -0.357 e. The van der Waals surface area contributed by atoms with Gasteiger partial charge in [0.25, 0.3) is 0 Å². The summed E-state index contributed by atoms with van der Waals surface area (Å²) in [6.07, 6.45) is -1.14. The number of guanidine groups is 1. The summed E-state index contributed by atoms with van der Waals surface area (Å²) in [7, 11) is -3.18. The lowest BCUT2D eigenvalue weighted by atomic mass is 9.87. The van der Waals surface area contributed by atoms with Crippen molar-refractivity contribution < 1.29 is 21.6 Å². The maximum absolute atomic E-state index is 12.6. The summed E-state index contributed by atoms with van der Waals surface area (Å²) in [5.41, 5.74) is 0. The average molecular weight is 369 g/mol. The third kappa shape index (κ3) is 4.55. The Bertz CT molecular complexity index is 555. The van der Waals surface area contributed by atoms with E-state index in [9.17, 15) is 21.6 Å². The van der Waals surface area contributed by atoms with E-state index in [2.05, 4.69) is 10.3 Å². The molecule has 24 heavy (non-hydrogen) atoms. The number of nitrogens with zero attached hydrogens (tertiary/aromatic N) is 2. The van der Waals surface area contributed by atoms with Gasteiger partial charge in [-0.2, -0.15) is 13.2 Å². The van der Waals surface area contributed by atoms with Gasteiger partial charge in [-0.3, -0.25) is 4.99 Å². The Balaban J connectivity index is 2.14. The van der Waals surface area contributed by atoms with Gasteiger partial charge in [-0.15, -0.1) is 0 Å². The van der Waals surface area contributed by atoms with E-state index >= 15 is 0 Å². The van der Waals surface area contributed by atoms with Gasteiger partial charge in [0.15, 0.2) is 15.8 Å². The lowest BCUT2D eigenvalue weighted by Crippen LogP contribution is -2.60. The van der Waals surface area contributed by atoms with Crippen LogP contribution in [-0.2, 0) is 9.84 Å². The zero-order chi connectivity index (χ0) is 17.8. The van der Waals surface area contributed by atoms with Crippen molar-refractivity contribution >= 4 is 15.8 Å². The minimum atomic E-state index is -4.24. The molecule has 0 bridgehead atoms. The van der Waals surface area contributed by atoms with Gasteiger partial charge < -0.3 is 10.2 Å². The first-order chi connectivity index (χ1) is 11.2. The van der Waals surface area contributed by atoms with Crippen LogP contribution in [0.15, 0.2) is 4.99 Å². The molecule has 0 unspecified atom stereocenters. The Morgan fingerprint density at radius 3 is 2.50 bits per heavy atom. The molecular formula is C15H26F3N3O2S. The molecule has 140 valence electrons. The van der Waals surface area contributed by atoms with Crippen molar-refractivity contribution in [2.75, 3.05) is 31.9 Å². The molecule has 5 nitrogen and oxygen atoms in total. The zero-order valence-electron chi connectivity index (χ0n) is 14.0. The van der Waals surface area contributed by atoms with E-state index in [0.717, 1.165) is 19.3 Å². The highest BCUT2D eigenvalue weighted by atomic mass is 32.2. The van der Waals surface area contributed by atoms with E-state index in [0.29, 0.717) is 31.9 Å². The highest BCUT2D eigenvalue weighted by Crippen LogP contribution is 2.38. The standard InChI is InChI=1S/C15H26F3N3O2S/c1-2-19-13(20-9-8-15(16,17)18)21-10-11-24(22,23)14(12-21)6-4-3-5-7-14/h2-12H2,1H3,(H,19,20). The van der Waals surface area contributed by atoms with Crippen LogP contribution in [0.3, 0.4) is 0 Å². The van der Waals surface area contributed by atoms with E-state index in [1.54, 1.807) is 0 Å². The third-order valence-corrected chi connectivity index (χ3v) is 7.40. The normalized spacial score (nSPS) is 24.2. The molecule has 0 radical (unpaired) electrons. The van der Waals surface area contributed by atoms with E-state index in [1.165, 1.54) is 0 Å². The van der Waals surface area contributed by atoms with Crippen molar-refractivity contribution in [2.24, 2.45) is 4.99 Å². The summed E-state index contributed by atoms with van der Waals surface area (Å²) in [4.78, 5) is 5.89. The fraction of sp³-hybridized carbons (Fsp3) is 0.933. The highest BCUT2D eigenvalue weighted by molar-refractivity contribution is 7.92. The quantitative estimate of drug-likeness (QED) is 0.613. The van der Waals surface area contributed by atoms with Gasteiger partial charge in [0.05, 0.1) is 23.5 Å². The molecular weight excluding hydrogens is 343 g/mol. The minimum absolute atomic E-state index is 0.0384. The fourth-order valence-electron chi connectivity index (χ4n) is 3.53. The smallest absolute Gasteiger partial charge is 0.357 e. The maximum atomic E-state index is 12.6. The van der Waals surface area contributed by atoms with Crippen LogP contribution in [0.4, 0.5) is 13.2 Å². The number of rotatable bonds is 3. The molecule has 2 rings (SSSR count). The molecule has 0 amide bonds. The first-order valence-electron chi connectivity index (χ1n) is 8.51. The summed E-state index contributed by atoms with van der Waals surface area (Å²) >= 11 is 0. The molecule has 9 heteroatoms. The van der Waals surface area contributed by atoms with Gasteiger partial charge in [0.2, 0.25) is 0 Å². The Morgan fingerprint density at radius 1 is 1.25 bits per heavy atom. The van der Waals surface area contributed by atoms with E-state index in [-0.39, 0.29) is 18.8 Å². The Kier molecular flexibility index (Phi) is 6.04. The molecule has 1 saturated heterocycles. The van der Waals surface area contributed by atoms with Crippen molar-refractivity contribution in [2.45, 2.75) is 56.4 Å². The van der Waals surface area contributed by atoms with Crippen molar-refractivity contribution in [1.29, 1.82) is 0 Å². The second-order valence-corrected chi connectivity index (χ2v) is 9.09. The first-order valence-corrected chi connectivity index (χ1v) is 10.2. The summed E-state index contributed by atoms with van der Waals surface area (Å²) in [6, 6.07) is 0. The molecule has 1 spiro atoms. The van der Waals surface area contributed by atoms with E-state index in [1.807, 2.05) is 11.8 Å². The monoisotopic (exact) mass is 369 g/mol. The lowest BCUT2D eigenvalue weighted by molar-refractivity contribution is -0.132. The lowest BCUT2D eigenvalue weighted by Gasteiger charge is -2.45. The molecule has 0 aromatic carbocycles. The fourth-order valence-corrected chi connectivity index (χ4v) is 5.69. The van der Waals surface area contributed by atoms with Crippen LogP contribution in [0.5, 0.6) is 0 Å². The molecule has 1 saturated carbocycles. The number of nitrogens with one attached hydrogen (secondary N) is 1. The predicted octanol–water partition coefficient (Wildman–Crippen LogP) is 2.34. The number of halogens is 3. The Hall–Kier alpha value is -0.990. The summed E-state index contributed by atoms with van der Waals surface area (Å²) in [6.45, 7) is 2.63. The van der Waals surface area contributed by atoms with Crippen molar-refractivity contribution in [3.63, 3.8) is 0 Å². The molecule has 1 aliphatic carbocycles. The highest BCUT2D eigenvalue weighted by Gasteiger charge is 2.48. The number of hydrogen-bond acceptors (Lipinski definition) is 3. The van der Waals surface area contributed by atoms with Crippen LogP contribution < -0.4 is 5.32 Å². The number of sulfone groups is 1. The summed E-state index contributed by atoms with van der Waals surface area (Å²) in [5, 5.41) is 3.00. The second-order valence-electron chi connectivity index (χ2n) is 6.58. The molecule has 1 N–H and O–H groups in total.